The molecule has 0 aliphatic carbocycles. The van der Waals surface area contributed by atoms with Crippen LogP contribution >= 0.6 is 0 Å². The van der Waals surface area contributed by atoms with Crippen LogP contribution in [-0.4, -0.2) is 28.5 Å². The summed E-state index contributed by atoms with van der Waals surface area (Å²) in [7, 11) is 0. The monoisotopic (exact) mass is 444 g/mol. The van der Waals surface area contributed by atoms with E-state index in [4.69, 9.17) is 4.74 Å². The van der Waals surface area contributed by atoms with E-state index in [1.807, 2.05) is 13.8 Å². The number of nitro benzene ring substituents is 1. The number of unbranched alkanes of at least 4 members (excludes halogenated alkanes) is 5. The fraction of sp³-hybridized carbons (Fsp3) is 0.417. The Hall–Kier alpha value is -3.42. The van der Waals surface area contributed by atoms with Gasteiger partial charge in [-0.05, 0) is 30.7 Å². The smallest absolute Gasteiger partial charge is 0.338 e. The lowest BCUT2D eigenvalue weighted by molar-refractivity contribution is -0.384. The van der Waals surface area contributed by atoms with Gasteiger partial charge in [0.2, 0.25) is 0 Å². The minimum atomic E-state index is -1.37. The van der Waals surface area contributed by atoms with Crippen LogP contribution in [0.5, 0.6) is 5.75 Å². The van der Waals surface area contributed by atoms with E-state index in [9.17, 15) is 24.8 Å². The Bertz CT molecular complexity index is 898. The van der Waals surface area contributed by atoms with Gasteiger partial charge < -0.3 is 15.2 Å². The number of aromatic carboxylic acids is 1. The molecule has 0 aliphatic rings. The summed E-state index contributed by atoms with van der Waals surface area (Å²) in [4.78, 5) is 34.1. The van der Waals surface area contributed by atoms with Crippen molar-refractivity contribution in [2.24, 2.45) is 0 Å². The molecule has 0 aromatic heterocycles. The van der Waals surface area contributed by atoms with Gasteiger partial charge in [0.25, 0.3) is 11.6 Å². The van der Waals surface area contributed by atoms with Crippen molar-refractivity contribution >= 4 is 23.3 Å². The van der Waals surface area contributed by atoms with E-state index in [-0.39, 0.29) is 16.9 Å². The van der Waals surface area contributed by atoms with Crippen LogP contribution in [0.15, 0.2) is 42.5 Å². The number of benzene rings is 2. The van der Waals surface area contributed by atoms with Gasteiger partial charge in [-0.25, -0.2) is 4.79 Å². The minimum Gasteiger partial charge on any atom is -0.494 e. The number of hydrogen-bond donors (Lipinski definition) is 2. The molecule has 2 N–H and O–H groups in total. The van der Waals surface area contributed by atoms with Crippen molar-refractivity contribution in [3.63, 3.8) is 0 Å². The highest BCUT2D eigenvalue weighted by Gasteiger charge is 2.18. The second kappa shape index (κ2) is 14.6. The van der Waals surface area contributed by atoms with Crippen molar-refractivity contribution in [3.8, 4) is 5.75 Å². The molecule has 0 fully saturated rings. The van der Waals surface area contributed by atoms with Crippen molar-refractivity contribution in [2.75, 3.05) is 11.9 Å². The van der Waals surface area contributed by atoms with Gasteiger partial charge in [0.1, 0.15) is 5.75 Å². The molecule has 0 spiro atoms. The second-order valence-electron chi connectivity index (χ2n) is 6.89. The first-order valence-corrected chi connectivity index (χ1v) is 11.0. The number of rotatable bonds is 12. The molecule has 2 aromatic carbocycles. The first-order chi connectivity index (χ1) is 15.4. The largest absolute Gasteiger partial charge is 0.494 e. The van der Waals surface area contributed by atoms with Crippen molar-refractivity contribution in [3.05, 3.63) is 63.7 Å². The maximum absolute atomic E-state index is 12.5. The number of nitrogens with one attached hydrogen (secondary N) is 1. The number of nitrogens with zero attached hydrogens (tertiary/aromatic N) is 1. The molecule has 8 nitrogen and oxygen atoms in total. The van der Waals surface area contributed by atoms with Gasteiger partial charge in [-0.2, -0.15) is 0 Å². The van der Waals surface area contributed by atoms with Crippen LogP contribution < -0.4 is 10.1 Å². The van der Waals surface area contributed by atoms with Crippen LogP contribution in [0.3, 0.4) is 0 Å². The summed E-state index contributed by atoms with van der Waals surface area (Å²) in [5.41, 5.74) is -0.440. The van der Waals surface area contributed by atoms with Crippen molar-refractivity contribution < 1.29 is 24.4 Å². The SMILES string of the molecule is CC.CCCCCCCCOc1cccc(C(=O)Nc2ccc([N+](=O)[O-])cc2C(=O)O)c1. The lowest BCUT2D eigenvalue weighted by Gasteiger charge is -2.10. The topological polar surface area (TPSA) is 119 Å². The van der Waals surface area contributed by atoms with Gasteiger partial charge in [0, 0.05) is 17.7 Å². The van der Waals surface area contributed by atoms with E-state index in [0.717, 1.165) is 25.0 Å². The maximum Gasteiger partial charge on any atom is 0.338 e. The standard InChI is InChI=1S/C22H26N2O6.C2H6/c1-2-3-4-5-6-7-13-30-18-10-8-9-16(14-18)21(25)23-20-12-11-17(24(28)29)15-19(20)22(26)27;1-2/h8-12,14-15H,2-7,13H2,1H3,(H,23,25)(H,26,27);1-2H3. The minimum absolute atomic E-state index is 0.0171. The number of carboxylic acid groups (broad SMARTS) is 1. The lowest BCUT2D eigenvalue weighted by atomic mass is 10.1. The van der Waals surface area contributed by atoms with Gasteiger partial charge in [-0.1, -0.05) is 58.9 Å². The Morgan fingerprint density at radius 1 is 1.03 bits per heavy atom. The molecular formula is C24H32N2O6. The molecule has 2 aromatic rings. The highest BCUT2D eigenvalue weighted by atomic mass is 16.6. The average molecular weight is 445 g/mol. The van der Waals surface area contributed by atoms with E-state index in [2.05, 4.69) is 12.2 Å². The molecular weight excluding hydrogens is 412 g/mol. The van der Waals surface area contributed by atoms with Crippen molar-refractivity contribution in [2.45, 2.75) is 59.3 Å². The second-order valence-corrected chi connectivity index (χ2v) is 6.89. The lowest BCUT2D eigenvalue weighted by Crippen LogP contribution is -2.15. The van der Waals surface area contributed by atoms with Crippen LogP contribution in [-0.2, 0) is 0 Å². The molecule has 0 aliphatic heterocycles. The number of non-ortho nitro benzene ring substituents is 1. The number of nitro groups is 1. The van der Waals surface area contributed by atoms with Crippen LogP contribution in [0.1, 0.15) is 80.0 Å². The number of ether oxygens (including phenoxy) is 1. The van der Waals surface area contributed by atoms with Gasteiger partial charge in [0.15, 0.2) is 0 Å². The normalized spacial score (nSPS) is 9.97. The third kappa shape index (κ3) is 8.75. The summed E-state index contributed by atoms with van der Waals surface area (Å²) in [5, 5.41) is 22.6. The van der Waals surface area contributed by atoms with Crippen LogP contribution in [0, 0.1) is 10.1 Å². The quantitative estimate of drug-likeness (QED) is 0.225. The van der Waals surface area contributed by atoms with Crippen LogP contribution in [0.2, 0.25) is 0 Å². The summed E-state index contributed by atoms with van der Waals surface area (Å²) in [6, 6.07) is 9.86. The molecule has 1 amide bonds. The van der Waals surface area contributed by atoms with Crippen molar-refractivity contribution in [1.82, 2.24) is 0 Å². The predicted molar refractivity (Wildman–Crippen MR) is 125 cm³/mol. The van der Waals surface area contributed by atoms with Gasteiger partial charge in [0.05, 0.1) is 22.8 Å². The van der Waals surface area contributed by atoms with Crippen LogP contribution in [0.4, 0.5) is 11.4 Å². The van der Waals surface area contributed by atoms with E-state index >= 15 is 0 Å². The van der Waals surface area contributed by atoms with E-state index in [1.165, 1.54) is 31.7 Å². The molecule has 0 saturated heterocycles. The molecule has 2 rings (SSSR count). The molecule has 0 saturated carbocycles. The Labute approximate surface area is 188 Å². The fourth-order valence-electron chi connectivity index (χ4n) is 2.93. The number of carbonyl (C=O) groups is 2. The molecule has 0 bridgehead atoms. The number of carbonyl (C=O) groups excluding carboxylic acids is 1. The zero-order valence-corrected chi connectivity index (χ0v) is 18.9. The van der Waals surface area contributed by atoms with E-state index in [1.54, 1.807) is 24.3 Å². The summed E-state index contributed by atoms with van der Waals surface area (Å²) >= 11 is 0. The zero-order chi connectivity index (χ0) is 23.9. The molecule has 0 heterocycles. The Kier molecular flexibility index (Phi) is 12.1. The van der Waals surface area contributed by atoms with E-state index in [0.29, 0.717) is 17.9 Å². The first kappa shape index (κ1) is 26.6. The Morgan fingerprint density at radius 2 is 1.72 bits per heavy atom. The summed E-state index contributed by atoms with van der Waals surface area (Å²) in [6.07, 6.45) is 6.90. The molecule has 174 valence electrons. The fourth-order valence-corrected chi connectivity index (χ4v) is 2.93. The number of hydrogen-bond acceptors (Lipinski definition) is 5. The number of anilines is 1. The third-order valence-electron chi connectivity index (χ3n) is 4.56. The molecule has 32 heavy (non-hydrogen) atoms. The first-order valence-electron chi connectivity index (χ1n) is 11.0. The zero-order valence-electron chi connectivity index (χ0n) is 18.9. The summed E-state index contributed by atoms with van der Waals surface area (Å²) in [6.45, 7) is 6.74. The van der Waals surface area contributed by atoms with Gasteiger partial charge >= 0.3 is 5.97 Å². The third-order valence-corrected chi connectivity index (χ3v) is 4.56. The maximum atomic E-state index is 12.5. The Balaban J connectivity index is 0.00000249. The molecule has 8 heteroatoms. The van der Waals surface area contributed by atoms with Gasteiger partial charge in [-0.15, -0.1) is 0 Å². The van der Waals surface area contributed by atoms with Crippen molar-refractivity contribution in [1.29, 1.82) is 0 Å². The number of carboxylic acids is 1. The van der Waals surface area contributed by atoms with Gasteiger partial charge in [-0.3, -0.25) is 14.9 Å². The average Bonchev–Trinajstić information content (AvgIpc) is 2.80. The highest BCUT2D eigenvalue weighted by Crippen LogP contribution is 2.23. The molecule has 0 atom stereocenters. The molecule has 0 radical (unpaired) electrons. The number of amides is 1. The summed E-state index contributed by atoms with van der Waals surface area (Å²) < 4.78 is 5.71. The highest BCUT2D eigenvalue weighted by molar-refractivity contribution is 6.08. The predicted octanol–water partition coefficient (Wildman–Crippen LogP) is 6.31. The Morgan fingerprint density at radius 3 is 2.38 bits per heavy atom. The summed E-state index contributed by atoms with van der Waals surface area (Å²) in [5.74, 6) is -1.35. The molecule has 0 unspecified atom stereocenters. The van der Waals surface area contributed by atoms with Crippen LogP contribution in [0.25, 0.3) is 0 Å². The van der Waals surface area contributed by atoms with E-state index < -0.39 is 16.8 Å².